The molecule has 3 aromatic heterocycles. The van der Waals surface area contributed by atoms with E-state index < -0.39 is 6.61 Å². The van der Waals surface area contributed by atoms with Crippen LogP contribution in [-0.2, 0) is 11.3 Å². The molecule has 0 bridgehead atoms. The average Bonchev–Trinajstić information content (AvgIpc) is 3.38. The molecule has 1 aliphatic rings. The van der Waals surface area contributed by atoms with Crippen LogP contribution < -0.4 is 15.0 Å². The van der Waals surface area contributed by atoms with Crippen molar-refractivity contribution in [3.63, 3.8) is 0 Å². The minimum atomic E-state index is -2.95. The van der Waals surface area contributed by atoms with E-state index in [2.05, 4.69) is 28.5 Å². The summed E-state index contributed by atoms with van der Waals surface area (Å²) < 4.78 is 44.8. The van der Waals surface area contributed by atoms with Gasteiger partial charge >= 0.3 is 6.61 Å². The lowest BCUT2D eigenvalue weighted by Crippen LogP contribution is -2.46. The quantitative estimate of drug-likeness (QED) is 0.224. The molecule has 6 rings (SSSR count). The summed E-state index contributed by atoms with van der Waals surface area (Å²) in [5.74, 6) is 0.374. The summed E-state index contributed by atoms with van der Waals surface area (Å²) in [6.45, 7) is 6.91. The molecule has 0 amide bonds. The number of halogens is 2. The zero-order valence-corrected chi connectivity index (χ0v) is 24.2. The Hall–Kier alpha value is -4.35. The number of aromatic nitrogens is 4. The maximum absolute atomic E-state index is 14.1. The van der Waals surface area contributed by atoms with E-state index in [1.54, 1.807) is 18.2 Å². The van der Waals surface area contributed by atoms with Gasteiger partial charge in [0.1, 0.15) is 5.75 Å². The van der Waals surface area contributed by atoms with Gasteiger partial charge in [-0.1, -0.05) is 6.07 Å². The zero-order valence-electron chi connectivity index (χ0n) is 24.2. The Bertz CT molecular complexity index is 1790. The van der Waals surface area contributed by atoms with Gasteiger partial charge in [-0.05, 0) is 74.9 Å². The van der Waals surface area contributed by atoms with Crippen molar-refractivity contribution in [2.24, 2.45) is 0 Å². The number of fused-ring (bicyclic) bond motifs is 2. The normalized spacial score (nSPS) is 17.6. The monoisotopic (exact) mass is 589 g/mol. The number of ether oxygens (including phenoxy) is 3. The van der Waals surface area contributed by atoms with Crippen LogP contribution in [0.4, 0.5) is 8.78 Å². The van der Waals surface area contributed by atoms with Crippen LogP contribution >= 0.6 is 0 Å². The summed E-state index contributed by atoms with van der Waals surface area (Å²) in [6, 6.07) is 17.1. The molecule has 0 unspecified atom stereocenters. The number of benzene rings is 2. The van der Waals surface area contributed by atoms with Gasteiger partial charge in [0.2, 0.25) is 5.88 Å². The summed E-state index contributed by atoms with van der Waals surface area (Å²) in [5, 5.41) is 6.39. The number of alkyl halides is 2. The number of pyridine rings is 2. The van der Waals surface area contributed by atoms with Gasteiger partial charge in [0, 0.05) is 48.2 Å². The Morgan fingerprint density at radius 2 is 1.74 bits per heavy atom. The lowest BCUT2D eigenvalue weighted by molar-refractivity contribution is -0.0687. The van der Waals surface area contributed by atoms with Gasteiger partial charge in [0.25, 0.3) is 5.56 Å². The van der Waals surface area contributed by atoms with Crippen LogP contribution in [0.25, 0.3) is 38.8 Å². The minimum Gasteiger partial charge on any atom is -0.478 e. The highest BCUT2D eigenvalue weighted by atomic mass is 19.3. The molecule has 11 heteroatoms. The molecule has 0 aliphatic carbocycles. The Balaban J connectivity index is 1.37. The highest BCUT2D eigenvalue weighted by Gasteiger charge is 2.22. The van der Waals surface area contributed by atoms with Crippen molar-refractivity contribution in [2.75, 3.05) is 26.2 Å². The van der Waals surface area contributed by atoms with Crippen molar-refractivity contribution in [3.8, 4) is 28.4 Å². The predicted octanol–water partition coefficient (Wildman–Crippen LogP) is 5.51. The fourth-order valence-electron chi connectivity index (χ4n) is 5.69. The molecule has 43 heavy (non-hydrogen) atoms. The lowest BCUT2D eigenvalue weighted by Gasteiger charge is -2.35. The van der Waals surface area contributed by atoms with Gasteiger partial charge in [0.05, 0.1) is 36.6 Å². The summed E-state index contributed by atoms with van der Waals surface area (Å²) in [7, 11) is 0. The second-order valence-corrected chi connectivity index (χ2v) is 10.7. The molecule has 0 radical (unpaired) electrons. The van der Waals surface area contributed by atoms with Crippen molar-refractivity contribution >= 4 is 21.9 Å². The Morgan fingerprint density at radius 3 is 2.47 bits per heavy atom. The molecule has 0 N–H and O–H groups in total. The van der Waals surface area contributed by atoms with Crippen molar-refractivity contribution in [3.05, 3.63) is 77.2 Å². The van der Waals surface area contributed by atoms with E-state index in [0.29, 0.717) is 29.4 Å². The largest absolute Gasteiger partial charge is 0.478 e. The topological polar surface area (TPSA) is 83.6 Å². The van der Waals surface area contributed by atoms with Crippen LogP contribution in [0.1, 0.15) is 20.8 Å². The number of hydrogen-bond donors (Lipinski definition) is 0. The fourth-order valence-corrected chi connectivity index (χ4v) is 5.69. The van der Waals surface area contributed by atoms with Crippen LogP contribution in [0.3, 0.4) is 0 Å². The Morgan fingerprint density at radius 1 is 0.977 bits per heavy atom. The minimum absolute atomic E-state index is 0.00432. The van der Waals surface area contributed by atoms with Gasteiger partial charge in [-0.2, -0.15) is 18.9 Å². The second-order valence-electron chi connectivity index (χ2n) is 10.7. The van der Waals surface area contributed by atoms with E-state index in [0.717, 1.165) is 48.0 Å². The number of rotatable bonds is 9. The molecule has 9 nitrogen and oxygen atoms in total. The molecular weight excluding hydrogens is 556 g/mol. The fraction of sp³-hybridized carbons (Fsp3) is 0.344. The molecule has 1 aliphatic heterocycles. The second kappa shape index (κ2) is 12.1. The van der Waals surface area contributed by atoms with Crippen LogP contribution in [0.2, 0.25) is 0 Å². The van der Waals surface area contributed by atoms with Gasteiger partial charge in [-0.3, -0.25) is 18.9 Å². The summed E-state index contributed by atoms with van der Waals surface area (Å²) in [5.41, 5.74) is 2.58. The average molecular weight is 590 g/mol. The molecule has 1 saturated heterocycles. The molecular formula is C32H33F2N5O4. The van der Waals surface area contributed by atoms with Gasteiger partial charge in [-0.25, -0.2) is 0 Å². The molecule has 0 spiro atoms. The third-order valence-corrected chi connectivity index (χ3v) is 7.44. The molecule has 5 aromatic rings. The van der Waals surface area contributed by atoms with E-state index >= 15 is 0 Å². The predicted molar refractivity (Wildman–Crippen MR) is 160 cm³/mol. The van der Waals surface area contributed by atoms with E-state index in [1.165, 1.54) is 16.7 Å². The number of hydrogen-bond acceptors (Lipinski definition) is 7. The highest BCUT2D eigenvalue weighted by molar-refractivity contribution is 5.88. The Kier molecular flexibility index (Phi) is 8.09. The van der Waals surface area contributed by atoms with Crippen molar-refractivity contribution < 1.29 is 23.0 Å². The lowest BCUT2D eigenvalue weighted by atomic mass is 10.0. The number of nitrogens with zero attached hydrogens (tertiary/aromatic N) is 5. The van der Waals surface area contributed by atoms with Gasteiger partial charge in [0.15, 0.2) is 5.65 Å². The standard InChI is InChI=1S/C32H33F2N5O4/c1-4-41-29-12-6-23-16-27(31(40)39(30(23)35-29)25-7-9-26(10-8-25)43-32(33)34)22-5-11-28-24(15-22)19-38(36-28)14-13-37-17-20(2)42-21(3)18-37/h5-12,15-16,19-21,32H,4,13-14,17-18H2,1-3H3/t20-,21+. The van der Waals surface area contributed by atoms with Gasteiger partial charge < -0.3 is 14.2 Å². The summed E-state index contributed by atoms with van der Waals surface area (Å²) >= 11 is 0. The van der Waals surface area contributed by atoms with E-state index in [1.807, 2.05) is 48.1 Å². The number of morpholine rings is 1. The molecule has 2 aromatic carbocycles. The first kappa shape index (κ1) is 28.8. The Labute approximate surface area is 247 Å². The van der Waals surface area contributed by atoms with Crippen LogP contribution in [0, 0.1) is 0 Å². The van der Waals surface area contributed by atoms with E-state index in [9.17, 15) is 13.6 Å². The van der Waals surface area contributed by atoms with Crippen LogP contribution in [0.5, 0.6) is 11.6 Å². The summed E-state index contributed by atoms with van der Waals surface area (Å²) in [6.07, 6.45) is 2.42. The maximum Gasteiger partial charge on any atom is 0.387 e. The molecule has 224 valence electrons. The van der Waals surface area contributed by atoms with E-state index in [-0.39, 0.29) is 23.5 Å². The first-order valence-electron chi connectivity index (χ1n) is 14.4. The molecule has 1 fully saturated rings. The third-order valence-electron chi connectivity index (χ3n) is 7.44. The van der Waals surface area contributed by atoms with Crippen LogP contribution in [-0.4, -0.2) is 69.3 Å². The van der Waals surface area contributed by atoms with Crippen molar-refractivity contribution in [2.45, 2.75) is 46.1 Å². The van der Waals surface area contributed by atoms with Crippen molar-refractivity contribution in [1.29, 1.82) is 0 Å². The first-order chi connectivity index (χ1) is 20.8. The zero-order chi connectivity index (χ0) is 30.1. The molecule has 2 atom stereocenters. The third kappa shape index (κ3) is 6.23. The highest BCUT2D eigenvalue weighted by Crippen LogP contribution is 2.27. The summed E-state index contributed by atoms with van der Waals surface area (Å²) in [4.78, 5) is 21.1. The smallest absolute Gasteiger partial charge is 0.387 e. The van der Waals surface area contributed by atoms with Gasteiger partial charge in [-0.15, -0.1) is 0 Å². The maximum atomic E-state index is 14.1. The molecule has 0 saturated carbocycles. The SMILES string of the molecule is CCOc1ccc2cc(-c3ccc4nn(CCN5C[C@@H](C)O[C@@H](C)C5)cc4c3)c(=O)n(-c3ccc(OC(F)F)cc3)c2n1. The molecule has 4 heterocycles. The first-order valence-corrected chi connectivity index (χ1v) is 14.4. The van der Waals surface area contributed by atoms with Crippen molar-refractivity contribution in [1.82, 2.24) is 24.2 Å². The van der Waals surface area contributed by atoms with Crippen LogP contribution in [0.15, 0.2) is 71.7 Å². The van der Waals surface area contributed by atoms with E-state index in [4.69, 9.17) is 14.6 Å².